The van der Waals surface area contributed by atoms with Crippen LogP contribution in [0.5, 0.6) is 0 Å². The third-order valence-corrected chi connectivity index (χ3v) is 3.08. The van der Waals surface area contributed by atoms with E-state index in [2.05, 4.69) is 11.8 Å². The second-order valence-corrected chi connectivity index (χ2v) is 4.32. The maximum absolute atomic E-state index is 11.0. The standard InChI is InChI=1S/C13H17NO3/c1-10-9-17-12(8-16)6-14(10)13-5-3-2-4-11(13)7-15/h2-5,7,10,12,16H,6,8-9H2,1H3. The number of carbonyl (C=O) groups is 1. The Morgan fingerprint density at radius 3 is 3.00 bits per heavy atom. The monoisotopic (exact) mass is 235 g/mol. The molecule has 0 aromatic heterocycles. The summed E-state index contributed by atoms with van der Waals surface area (Å²) >= 11 is 0. The average Bonchev–Trinajstić information content (AvgIpc) is 2.39. The lowest BCUT2D eigenvalue weighted by Crippen LogP contribution is -2.49. The number of para-hydroxylation sites is 1. The summed E-state index contributed by atoms with van der Waals surface area (Å²) in [6.07, 6.45) is 0.691. The molecule has 92 valence electrons. The SMILES string of the molecule is CC1COC(CO)CN1c1ccccc1C=O. The van der Waals surface area contributed by atoms with Crippen LogP contribution in [-0.4, -0.2) is 43.3 Å². The minimum Gasteiger partial charge on any atom is -0.394 e. The zero-order valence-electron chi connectivity index (χ0n) is 9.87. The first kappa shape index (κ1) is 12.1. The van der Waals surface area contributed by atoms with E-state index in [9.17, 15) is 4.79 Å². The summed E-state index contributed by atoms with van der Waals surface area (Å²) in [5.41, 5.74) is 1.59. The molecule has 2 unspecified atom stereocenters. The van der Waals surface area contributed by atoms with Crippen molar-refractivity contribution in [3.63, 3.8) is 0 Å². The second kappa shape index (κ2) is 5.29. The van der Waals surface area contributed by atoms with Gasteiger partial charge in [-0.3, -0.25) is 4.79 Å². The van der Waals surface area contributed by atoms with Crippen molar-refractivity contribution in [2.75, 3.05) is 24.7 Å². The quantitative estimate of drug-likeness (QED) is 0.797. The predicted molar refractivity (Wildman–Crippen MR) is 65.5 cm³/mol. The molecule has 1 aromatic rings. The van der Waals surface area contributed by atoms with E-state index in [1.54, 1.807) is 6.07 Å². The van der Waals surface area contributed by atoms with Crippen LogP contribution in [0.2, 0.25) is 0 Å². The van der Waals surface area contributed by atoms with Gasteiger partial charge in [0.1, 0.15) is 0 Å². The third-order valence-electron chi connectivity index (χ3n) is 3.08. The van der Waals surface area contributed by atoms with Crippen LogP contribution >= 0.6 is 0 Å². The lowest BCUT2D eigenvalue weighted by atomic mass is 10.1. The molecule has 0 bridgehead atoms. The summed E-state index contributed by atoms with van der Waals surface area (Å²) in [4.78, 5) is 13.1. The Hall–Kier alpha value is -1.39. The largest absolute Gasteiger partial charge is 0.394 e. The van der Waals surface area contributed by atoms with Gasteiger partial charge in [0.25, 0.3) is 0 Å². The zero-order valence-corrected chi connectivity index (χ0v) is 9.87. The molecular formula is C13H17NO3. The molecule has 1 saturated heterocycles. The summed E-state index contributed by atoms with van der Waals surface area (Å²) in [6.45, 7) is 3.24. The van der Waals surface area contributed by atoms with E-state index >= 15 is 0 Å². The molecule has 1 aromatic carbocycles. The first-order valence-electron chi connectivity index (χ1n) is 5.79. The van der Waals surface area contributed by atoms with Crippen LogP contribution in [0.25, 0.3) is 0 Å². The molecule has 0 radical (unpaired) electrons. The van der Waals surface area contributed by atoms with Crippen LogP contribution in [0.1, 0.15) is 17.3 Å². The number of rotatable bonds is 3. The van der Waals surface area contributed by atoms with Crippen molar-refractivity contribution in [2.24, 2.45) is 0 Å². The van der Waals surface area contributed by atoms with Crippen LogP contribution in [0.4, 0.5) is 5.69 Å². The number of morpholine rings is 1. The molecule has 17 heavy (non-hydrogen) atoms. The summed E-state index contributed by atoms with van der Waals surface area (Å²) in [5.74, 6) is 0. The number of hydrogen-bond donors (Lipinski definition) is 1. The lowest BCUT2D eigenvalue weighted by molar-refractivity contribution is -0.0103. The Kier molecular flexibility index (Phi) is 3.76. The van der Waals surface area contributed by atoms with Crippen LogP contribution in [-0.2, 0) is 4.74 Å². The van der Waals surface area contributed by atoms with Gasteiger partial charge in [-0.15, -0.1) is 0 Å². The molecule has 2 atom stereocenters. The number of hydrogen-bond acceptors (Lipinski definition) is 4. The highest BCUT2D eigenvalue weighted by Crippen LogP contribution is 2.24. The summed E-state index contributed by atoms with van der Waals surface area (Å²) in [5, 5.41) is 9.15. The van der Waals surface area contributed by atoms with E-state index < -0.39 is 0 Å². The zero-order chi connectivity index (χ0) is 12.3. The van der Waals surface area contributed by atoms with Gasteiger partial charge in [-0.1, -0.05) is 12.1 Å². The van der Waals surface area contributed by atoms with Crippen molar-refractivity contribution in [3.05, 3.63) is 29.8 Å². The minimum absolute atomic E-state index is 0.00642. The van der Waals surface area contributed by atoms with Crippen molar-refractivity contribution >= 4 is 12.0 Å². The van der Waals surface area contributed by atoms with E-state index in [1.165, 1.54) is 0 Å². The fourth-order valence-electron chi connectivity index (χ4n) is 2.11. The van der Waals surface area contributed by atoms with Gasteiger partial charge >= 0.3 is 0 Å². The van der Waals surface area contributed by atoms with E-state index in [4.69, 9.17) is 9.84 Å². The van der Waals surface area contributed by atoms with Gasteiger partial charge in [-0.05, 0) is 19.1 Å². The third kappa shape index (κ3) is 2.48. The second-order valence-electron chi connectivity index (χ2n) is 4.32. The van der Waals surface area contributed by atoms with E-state index in [0.717, 1.165) is 12.0 Å². The molecule has 4 heteroatoms. The Balaban J connectivity index is 2.27. The topological polar surface area (TPSA) is 49.8 Å². The van der Waals surface area contributed by atoms with Crippen LogP contribution < -0.4 is 4.90 Å². The number of anilines is 1. The maximum atomic E-state index is 11.0. The van der Waals surface area contributed by atoms with E-state index in [1.807, 2.05) is 18.2 Å². The van der Waals surface area contributed by atoms with E-state index in [-0.39, 0.29) is 18.8 Å². The fourth-order valence-corrected chi connectivity index (χ4v) is 2.11. The molecule has 0 amide bonds. The number of aldehydes is 1. The van der Waals surface area contributed by atoms with Crippen molar-refractivity contribution in [3.8, 4) is 0 Å². The number of aliphatic hydroxyl groups is 1. The smallest absolute Gasteiger partial charge is 0.152 e. The molecule has 1 N–H and O–H groups in total. The van der Waals surface area contributed by atoms with Gasteiger partial charge < -0.3 is 14.7 Å². The summed E-state index contributed by atoms with van der Waals surface area (Å²) < 4.78 is 5.48. The van der Waals surface area contributed by atoms with Gasteiger partial charge in [0.2, 0.25) is 0 Å². The summed E-state index contributed by atoms with van der Waals surface area (Å²) in [6, 6.07) is 7.71. The number of benzene rings is 1. The molecule has 0 spiro atoms. The highest BCUT2D eigenvalue weighted by Gasteiger charge is 2.26. The van der Waals surface area contributed by atoms with E-state index in [0.29, 0.717) is 18.7 Å². The average molecular weight is 235 g/mol. The van der Waals surface area contributed by atoms with Gasteiger partial charge in [-0.2, -0.15) is 0 Å². The Labute approximate surface area is 101 Å². The van der Waals surface area contributed by atoms with Crippen LogP contribution in [0, 0.1) is 0 Å². The van der Waals surface area contributed by atoms with Gasteiger partial charge in [0.15, 0.2) is 6.29 Å². The minimum atomic E-state index is -0.175. The summed E-state index contributed by atoms with van der Waals surface area (Å²) in [7, 11) is 0. The van der Waals surface area contributed by atoms with Crippen molar-refractivity contribution in [2.45, 2.75) is 19.1 Å². The van der Waals surface area contributed by atoms with Gasteiger partial charge in [0.05, 0.1) is 19.3 Å². The molecular weight excluding hydrogens is 218 g/mol. The Bertz CT molecular complexity index is 394. The molecule has 1 fully saturated rings. The lowest BCUT2D eigenvalue weighted by Gasteiger charge is -2.39. The molecule has 0 aliphatic carbocycles. The number of aliphatic hydroxyl groups excluding tert-OH is 1. The molecule has 0 saturated carbocycles. The van der Waals surface area contributed by atoms with Crippen molar-refractivity contribution in [1.29, 1.82) is 0 Å². The first-order valence-corrected chi connectivity index (χ1v) is 5.79. The first-order chi connectivity index (χ1) is 8.26. The number of carbonyl (C=O) groups excluding carboxylic acids is 1. The van der Waals surface area contributed by atoms with Crippen molar-refractivity contribution < 1.29 is 14.6 Å². The molecule has 1 heterocycles. The Morgan fingerprint density at radius 1 is 1.53 bits per heavy atom. The van der Waals surface area contributed by atoms with Crippen LogP contribution in [0.15, 0.2) is 24.3 Å². The molecule has 2 rings (SSSR count). The van der Waals surface area contributed by atoms with Crippen LogP contribution in [0.3, 0.4) is 0 Å². The van der Waals surface area contributed by atoms with Gasteiger partial charge in [0, 0.05) is 23.8 Å². The van der Waals surface area contributed by atoms with Crippen molar-refractivity contribution in [1.82, 2.24) is 0 Å². The normalized spacial score (nSPS) is 24.7. The number of ether oxygens (including phenoxy) is 1. The maximum Gasteiger partial charge on any atom is 0.152 e. The number of nitrogens with zero attached hydrogens (tertiary/aromatic N) is 1. The fraction of sp³-hybridized carbons (Fsp3) is 0.462. The predicted octanol–water partition coefficient (Wildman–Crippen LogP) is 1.09. The molecule has 1 aliphatic rings. The highest BCUT2D eigenvalue weighted by atomic mass is 16.5. The molecule has 1 aliphatic heterocycles. The molecule has 4 nitrogen and oxygen atoms in total. The van der Waals surface area contributed by atoms with Gasteiger partial charge in [-0.25, -0.2) is 0 Å². The Morgan fingerprint density at radius 2 is 2.29 bits per heavy atom. The highest BCUT2D eigenvalue weighted by molar-refractivity contribution is 5.84.